The normalized spacial score (nSPS) is 15.0. The van der Waals surface area contributed by atoms with Gasteiger partial charge in [0.2, 0.25) is 0 Å². The quantitative estimate of drug-likeness (QED) is 0.705. The van der Waals surface area contributed by atoms with Gasteiger partial charge in [0.15, 0.2) is 16.7 Å². The highest BCUT2D eigenvalue weighted by Crippen LogP contribution is 2.40. The first-order valence-corrected chi connectivity index (χ1v) is 10.0. The summed E-state index contributed by atoms with van der Waals surface area (Å²) >= 11 is 13.6. The third-order valence-electron chi connectivity index (χ3n) is 4.32. The van der Waals surface area contributed by atoms with Crippen LogP contribution >= 0.6 is 35.0 Å². The summed E-state index contributed by atoms with van der Waals surface area (Å²) in [7, 11) is 3.13. The molecule has 9 heteroatoms. The number of thioether (sulfide) groups is 1. The van der Waals surface area contributed by atoms with Gasteiger partial charge >= 0.3 is 0 Å². The molecule has 0 bridgehead atoms. The lowest BCUT2D eigenvalue weighted by Crippen LogP contribution is -2.36. The van der Waals surface area contributed by atoms with Gasteiger partial charge in [0.25, 0.3) is 5.91 Å². The number of methoxy groups -OCH3 is 2. The number of amides is 1. The summed E-state index contributed by atoms with van der Waals surface area (Å²) in [5.41, 5.74) is 2.42. The number of hydrogen-bond donors (Lipinski definition) is 0. The number of carbonyl (C=O) groups excluding carboxylic acids is 1. The predicted molar refractivity (Wildman–Crippen MR) is 113 cm³/mol. The molecular formula is C19H15Cl2N3O3S. The van der Waals surface area contributed by atoms with Gasteiger partial charge in [-0.25, -0.2) is 4.99 Å². The Morgan fingerprint density at radius 1 is 1.07 bits per heavy atom. The maximum Gasteiger partial charge on any atom is 0.267 e. The number of fused-ring (bicyclic) bond motifs is 3. The minimum atomic E-state index is -0.208. The molecule has 1 amide bonds. The van der Waals surface area contributed by atoms with Crippen molar-refractivity contribution >= 4 is 57.6 Å². The molecule has 6 nitrogen and oxygen atoms in total. The van der Waals surface area contributed by atoms with Crippen LogP contribution in [0.5, 0.6) is 11.5 Å². The van der Waals surface area contributed by atoms with Crippen LogP contribution in [-0.4, -0.2) is 42.6 Å². The molecule has 28 heavy (non-hydrogen) atoms. The van der Waals surface area contributed by atoms with E-state index < -0.39 is 0 Å². The van der Waals surface area contributed by atoms with Crippen molar-refractivity contribution in [1.82, 2.24) is 4.90 Å². The van der Waals surface area contributed by atoms with E-state index in [1.165, 1.54) is 11.8 Å². The van der Waals surface area contributed by atoms with Gasteiger partial charge in [0.1, 0.15) is 12.4 Å². The van der Waals surface area contributed by atoms with E-state index in [0.29, 0.717) is 44.0 Å². The summed E-state index contributed by atoms with van der Waals surface area (Å²) < 4.78 is 10.7. The smallest absolute Gasteiger partial charge is 0.267 e. The van der Waals surface area contributed by atoms with Crippen LogP contribution in [0, 0.1) is 0 Å². The topological polar surface area (TPSA) is 63.5 Å². The first kappa shape index (κ1) is 19.1. The molecule has 2 aliphatic rings. The van der Waals surface area contributed by atoms with E-state index in [0.717, 1.165) is 11.1 Å². The van der Waals surface area contributed by atoms with E-state index in [1.54, 1.807) is 32.4 Å². The van der Waals surface area contributed by atoms with Crippen LogP contribution in [0.25, 0.3) is 0 Å². The van der Waals surface area contributed by atoms with Crippen molar-refractivity contribution < 1.29 is 14.3 Å². The average Bonchev–Trinajstić information content (AvgIpc) is 3.09. The lowest BCUT2D eigenvalue weighted by atomic mass is 10.1. The Kier molecular flexibility index (Phi) is 5.23. The SMILES string of the molecule is COc1cc2c(cc1OC)C1=NC(=O)CN1C(SCc1ccc(Cl)c(Cl)c1)=N2. The lowest BCUT2D eigenvalue weighted by Gasteiger charge is -2.27. The number of nitrogens with zero attached hydrogens (tertiary/aromatic N) is 3. The van der Waals surface area contributed by atoms with Gasteiger partial charge < -0.3 is 9.47 Å². The summed E-state index contributed by atoms with van der Waals surface area (Å²) in [6.45, 7) is 0.163. The van der Waals surface area contributed by atoms with Crippen molar-refractivity contribution in [1.29, 1.82) is 0 Å². The fraction of sp³-hybridized carbons (Fsp3) is 0.211. The number of carbonyl (C=O) groups is 1. The molecule has 0 spiro atoms. The number of amidine groups is 2. The zero-order chi connectivity index (χ0) is 19.8. The van der Waals surface area contributed by atoms with E-state index in [1.807, 2.05) is 17.0 Å². The average molecular weight is 436 g/mol. The molecule has 4 rings (SSSR count). The van der Waals surface area contributed by atoms with Gasteiger partial charge in [0.05, 0.1) is 30.0 Å². The summed E-state index contributed by atoms with van der Waals surface area (Å²) in [5, 5.41) is 1.71. The van der Waals surface area contributed by atoms with Crippen LogP contribution in [-0.2, 0) is 10.5 Å². The number of ether oxygens (including phenoxy) is 2. The summed E-state index contributed by atoms with van der Waals surface area (Å²) in [4.78, 5) is 22.8. The number of hydrogen-bond acceptors (Lipinski definition) is 6. The van der Waals surface area contributed by atoms with Gasteiger partial charge in [-0.2, -0.15) is 4.99 Å². The van der Waals surface area contributed by atoms with Crippen LogP contribution in [0.15, 0.2) is 40.3 Å². The molecule has 144 valence electrons. The molecule has 0 saturated heterocycles. The zero-order valence-corrected chi connectivity index (χ0v) is 17.4. The third kappa shape index (κ3) is 3.45. The van der Waals surface area contributed by atoms with Crippen LogP contribution in [0.3, 0.4) is 0 Å². The molecule has 0 unspecified atom stereocenters. The molecule has 0 fully saturated rings. The van der Waals surface area contributed by atoms with Crippen LogP contribution in [0.4, 0.5) is 5.69 Å². The monoisotopic (exact) mass is 435 g/mol. The second kappa shape index (κ2) is 7.66. The fourth-order valence-corrected chi connectivity index (χ4v) is 4.24. The van der Waals surface area contributed by atoms with Crippen molar-refractivity contribution in [3.8, 4) is 11.5 Å². The maximum atomic E-state index is 12.0. The molecule has 0 saturated carbocycles. The van der Waals surface area contributed by atoms with E-state index >= 15 is 0 Å². The Balaban J connectivity index is 1.69. The highest BCUT2D eigenvalue weighted by molar-refractivity contribution is 8.13. The lowest BCUT2D eigenvalue weighted by molar-refractivity contribution is -0.116. The zero-order valence-electron chi connectivity index (χ0n) is 15.0. The van der Waals surface area contributed by atoms with Crippen molar-refractivity contribution in [2.45, 2.75) is 5.75 Å². The molecule has 0 radical (unpaired) electrons. The molecule has 0 N–H and O–H groups in total. The second-order valence-corrected chi connectivity index (χ2v) is 7.83. The Morgan fingerprint density at radius 2 is 1.82 bits per heavy atom. The standard InChI is InChI=1S/C19H15Cl2N3O3S/c1-26-15-6-11-14(7-16(15)27-2)22-19(24-8-17(25)23-18(11)24)28-9-10-3-4-12(20)13(21)5-10/h3-7H,8-9H2,1-2H3. The number of rotatable bonds is 4. The first-order chi connectivity index (χ1) is 13.5. The van der Waals surface area contributed by atoms with E-state index in [9.17, 15) is 4.79 Å². The Bertz CT molecular complexity index is 1040. The molecule has 2 aromatic carbocycles. The minimum Gasteiger partial charge on any atom is -0.493 e. The van der Waals surface area contributed by atoms with Crippen LogP contribution < -0.4 is 9.47 Å². The van der Waals surface area contributed by atoms with Crippen LogP contribution in [0.2, 0.25) is 10.0 Å². The molecule has 2 heterocycles. The number of benzene rings is 2. The predicted octanol–water partition coefficient (Wildman–Crippen LogP) is 4.53. The Morgan fingerprint density at radius 3 is 2.54 bits per heavy atom. The fourth-order valence-electron chi connectivity index (χ4n) is 2.98. The van der Waals surface area contributed by atoms with E-state index in [2.05, 4.69) is 4.99 Å². The van der Waals surface area contributed by atoms with E-state index in [-0.39, 0.29) is 12.5 Å². The van der Waals surface area contributed by atoms with Gasteiger partial charge in [-0.05, 0) is 23.8 Å². The summed E-state index contributed by atoms with van der Waals surface area (Å²) in [5.74, 6) is 2.12. The maximum absolute atomic E-state index is 12.0. The highest BCUT2D eigenvalue weighted by Gasteiger charge is 2.34. The van der Waals surface area contributed by atoms with Gasteiger partial charge in [-0.3, -0.25) is 9.69 Å². The van der Waals surface area contributed by atoms with Crippen molar-refractivity contribution in [3.05, 3.63) is 51.5 Å². The first-order valence-electron chi connectivity index (χ1n) is 8.31. The molecule has 2 aromatic rings. The highest BCUT2D eigenvalue weighted by atomic mass is 35.5. The summed E-state index contributed by atoms with van der Waals surface area (Å²) in [6.07, 6.45) is 0. The number of aliphatic imine (C=N–C) groups is 2. The van der Waals surface area contributed by atoms with E-state index in [4.69, 9.17) is 37.7 Å². The molecule has 0 atom stereocenters. The number of halogens is 2. The third-order valence-corrected chi connectivity index (χ3v) is 6.11. The molecule has 0 aromatic heterocycles. The Hall–Kier alpha value is -2.22. The summed E-state index contributed by atoms with van der Waals surface area (Å²) in [6, 6.07) is 9.09. The largest absolute Gasteiger partial charge is 0.493 e. The molecule has 2 aliphatic heterocycles. The van der Waals surface area contributed by atoms with Gasteiger partial charge in [0, 0.05) is 17.4 Å². The van der Waals surface area contributed by atoms with Crippen LogP contribution in [0.1, 0.15) is 11.1 Å². The van der Waals surface area contributed by atoms with Crippen molar-refractivity contribution in [3.63, 3.8) is 0 Å². The molecule has 0 aliphatic carbocycles. The molecular weight excluding hydrogens is 421 g/mol. The van der Waals surface area contributed by atoms with Crippen molar-refractivity contribution in [2.24, 2.45) is 9.98 Å². The van der Waals surface area contributed by atoms with Gasteiger partial charge in [-0.1, -0.05) is 41.0 Å². The minimum absolute atomic E-state index is 0.163. The van der Waals surface area contributed by atoms with Crippen molar-refractivity contribution in [2.75, 3.05) is 20.8 Å². The van der Waals surface area contributed by atoms with Gasteiger partial charge in [-0.15, -0.1) is 0 Å². The second-order valence-electron chi connectivity index (χ2n) is 6.07. The Labute approximate surface area is 176 Å².